The summed E-state index contributed by atoms with van der Waals surface area (Å²) in [5, 5.41) is 0. The van der Waals surface area contributed by atoms with Gasteiger partial charge in [-0.1, -0.05) is 24.3 Å². The summed E-state index contributed by atoms with van der Waals surface area (Å²) in [6, 6.07) is 10.2. The van der Waals surface area contributed by atoms with Gasteiger partial charge in [0.2, 0.25) is 0 Å². The van der Waals surface area contributed by atoms with Gasteiger partial charge >= 0.3 is 0 Å². The molecule has 2 rings (SSSR count). The molecule has 0 saturated carbocycles. The maximum atomic E-state index is 13.5. The molecule has 15 heavy (non-hydrogen) atoms. The Morgan fingerprint density at radius 1 is 1.07 bits per heavy atom. The van der Waals surface area contributed by atoms with Crippen molar-refractivity contribution in [1.82, 2.24) is 4.98 Å². The molecule has 0 spiro atoms. The van der Waals surface area contributed by atoms with Gasteiger partial charge in [-0.05, 0) is 12.1 Å². The summed E-state index contributed by atoms with van der Waals surface area (Å²) in [6.07, 6.45) is 1.65. The maximum Gasteiger partial charge on any atom is 0.131 e. The minimum absolute atomic E-state index is 0.253. The Morgan fingerprint density at radius 3 is 2.53 bits per heavy atom. The van der Waals surface area contributed by atoms with Crippen LogP contribution in [0.2, 0.25) is 0 Å². The first-order valence-electron chi connectivity index (χ1n) is 4.57. The Morgan fingerprint density at radius 2 is 1.80 bits per heavy atom. The second kappa shape index (κ2) is 4.41. The third-order valence-corrected chi connectivity index (χ3v) is 2.43. The fourth-order valence-corrected chi connectivity index (χ4v) is 1.68. The Labute approximate surface area is 92.5 Å². The van der Waals surface area contributed by atoms with Crippen LogP contribution < -0.4 is 0 Å². The van der Waals surface area contributed by atoms with Crippen LogP contribution in [0.25, 0.3) is 11.1 Å². The van der Waals surface area contributed by atoms with E-state index >= 15 is 0 Å². The molecule has 1 aromatic carbocycles. The van der Waals surface area contributed by atoms with Crippen LogP contribution in [-0.4, -0.2) is 4.98 Å². The summed E-state index contributed by atoms with van der Waals surface area (Å²) in [4.78, 5) is 4.12. The minimum atomic E-state index is -0.253. The zero-order valence-electron chi connectivity index (χ0n) is 7.95. The summed E-state index contributed by atoms with van der Waals surface area (Å²) in [5.74, 6) is 0.0293. The molecule has 0 atom stereocenters. The maximum absolute atomic E-state index is 13.5. The Kier molecular flexibility index (Phi) is 2.97. The van der Waals surface area contributed by atoms with E-state index in [0.29, 0.717) is 11.3 Å². The molecule has 1 aromatic heterocycles. The number of hydrogen-bond acceptors (Lipinski definition) is 1. The Balaban J connectivity index is 2.59. The molecular weight excluding hydrogens is 213 g/mol. The minimum Gasteiger partial charge on any atom is -0.259 e. The van der Waals surface area contributed by atoms with Gasteiger partial charge in [-0.3, -0.25) is 4.98 Å². The van der Waals surface area contributed by atoms with Crippen LogP contribution in [0.1, 0.15) is 5.69 Å². The van der Waals surface area contributed by atoms with Gasteiger partial charge in [0, 0.05) is 17.3 Å². The summed E-state index contributed by atoms with van der Waals surface area (Å²) in [6.45, 7) is 0. The van der Waals surface area contributed by atoms with E-state index in [-0.39, 0.29) is 11.7 Å². The summed E-state index contributed by atoms with van der Waals surface area (Å²) < 4.78 is 13.5. The normalized spacial score (nSPS) is 10.3. The second-order valence-corrected chi connectivity index (χ2v) is 3.38. The van der Waals surface area contributed by atoms with Crippen molar-refractivity contribution in [3.8, 4) is 11.1 Å². The van der Waals surface area contributed by atoms with Crippen LogP contribution in [-0.2, 0) is 5.88 Å². The first kappa shape index (κ1) is 10.1. The highest BCUT2D eigenvalue weighted by Gasteiger charge is 2.08. The summed E-state index contributed by atoms with van der Waals surface area (Å²) >= 11 is 5.75. The van der Waals surface area contributed by atoms with E-state index < -0.39 is 0 Å². The van der Waals surface area contributed by atoms with Crippen molar-refractivity contribution in [3.05, 3.63) is 54.1 Å². The van der Waals surface area contributed by atoms with Gasteiger partial charge in [0.25, 0.3) is 0 Å². The topological polar surface area (TPSA) is 12.9 Å². The monoisotopic (exact) mass is 221 g/mol. The fourth-order valence-electron chi connectivity index (χ4n) is 1.47. The quantitative estimate of drug-likeness (QED) is 0.706. The van der Waals surface area contributed by atoms with Gasteiger partial charge in [0.15, 0.2) is 0 Å². The lowest BCUT2D eigenvalue weighted by molar-refractivity contribution is 0.631. The molecule has 0 radical (unpaired) electrons. The van der Waals surface area contributed by atoms with E-state index in [1.807, 2.05) is 6.07 Å². The van der Waals surface area contributed by atoms with Crippen molar-refractivity contribution in [3.63, 3.8) is 0 Å². The summed E-state index contributed by atoms with van der Waals surface area (Å²) in [5.41, 5.74) is 2.00. The molecule has 0 fully saturated rings. The molecule has 0 aliphatic rings. The van der Waals surface area contributed by atoms with Gasteiger partial charge in [-0.25, -0.2) is 4.39 Å². The van der Waals surface area contributed by atoms with Gasteiger partial charge in [0.05, 0.1) is 11.6 Å². The van der Waals surface area contributed by atoms with Crippen LogP contribution in [0, 0.1) is 5.82 Å². The molecule has 1 nitrogen and oxygen atoms in total. The molecule has 0 saturated heterocycles. The molecule has 0 N–H and O–H groups in total. The number of rotatable bonds is 2. The average Bonchev–Trinajstić information content (AvgIpc) is 2.30. The first-order chi connectivity index (χ1) is 7.33. The smallest absolute Gasteiger partial charge is 0.131 e. The number of pyridine rings is 1. The molecule has 0 amide bonds. The molecular formula is C12H9ClFN. The number of halogens is 2. The van der Waals surface area contributed by atoms with E-state index in [4.69, 9.17) is 11.6 Å². The number of aromatic nitrogens is 1. The lowest BCUT2D eigenvalue weighted by atomic mass is 10.0. The van der Waals surface area contributed by atoms with Gasteiger partial charge in [-0.15, -0.1) is 11.6 Å². The lowest BCUT2D eigenvalue weighted by Gasteiger charge is -2.06. The predicted octanol–water partition coefficient (Wildman–Crippen LogP) is 3.63. The number of hydrogen-bond donors (Lipinski definition) is 0. The van der Waals surface area contributed by atoms with Gasteiger partial charge in [-0.2, -0.15) is 0 Å². The first-order valence-corrected chi connectivity index (χ1v) is 5.11. The highest BCUT2D eigenvalue weighted by Crippen LogP contribution is 2.25. The van der Waals surface area contributed by atoms with Crippen LogP contribution in [0.15, 0.2) is 42.6 Å². The Bertz CT molecular complexity index is 471. The van der Waals surface area contributed by atoms with Crippen molar-refractivity contribution >= 4 is 11.6 Å². The molecule has 1 heterocycles. The van der Waals surface area contributed by atoms with E-state index in [1.54, 1.807) is 30.5 Å². The highest BCUT2D eigenvalue weighted by molar-refractivity contribution is 6.17. The second-order valence-electron chi connectivity index (χ2n) is 3.11. The average molecular weight is 222 g/mol. The van der Waals surface area contributed by atoms with E-state index in [9.17, 15) is 4.39 Å². The number of nitrogens with zero attached hydrogens (tertiary/aromatic N) is 1. The Hall–Kier alpha value is -1.41. The highest BCUT2D eigenvalue weighted by atomic mass is 35.5. The van der Waals surface area contributed by atoms with Gasteiger partial charge < -0.3 is 0 Å². The van der Waals surface area contributed by atoms with Crippen molar-refractivity contribution in [2.24, 2.45) is 0 Å². The van der Waals surface area contributed by atoms with Crippen LogP contribution in [0.3, 0.4) is 0 Å². The van der Waals surface area contributed by atoms with Crippen LogP contribution in [0.5, 0.6) is 0 Å². The third kappa shape index (κ3) is 2.00. The predicted molar refractivity (Wildman–Crippen MR) is 59.2 cm³/mol. The molecule has 76 valence electrons. The van der Waals surface area contributed by atoms with E-state index in [0.717, 1.165) is 5.56 Å². The number of benzene rings is 1. The van der Waals surface area contributed by atoms with Crippen molar-refractivity contribution in [2.75, 3.05) is 0 Å². The summed E-state index contributed by atoms with van der Waals surface area (Å²) in [7, 11) is 0. The zero-order chi connectivity index (χ0) is 10.7. The molecule has 3 heteroatoms. The molecule has 0 unspecified atom stereocenters. The van der Waals surface area contributed by atoms with Crippen molar-refractivity contribution < 1.29 is 4.39 Å². The molecule has 0 aliphatic carbocycles. The largest absolute Gasteiger partial charge is 0.259 e. The third-order valence-electron chi connectivity index (χ3n) is 2.18. The molecule has 0 aliphatic heterocycles. The number of alkyl halides is 1. The van der Waals surface area contributed by atoms with Gasteiger partial charge in [0.1, 0.15) is 5.82 Å². The molecule has 2 aromatic rings. The fraction of sp³-hybridized carbons (Fsp3) is 0.0833. The lowest BCUT2D eigenvalue weighted by Crippen LogP contribution is -1.92. The molecule has 0 bridgehead atoms. The van der Waals surface area contributed by atoms with Crippen LogP contribution in [0.4, 0.5) is 4.39 Å². The van der Waals surface area contributed by atoms with Crippen molar-refractivity contribution in [1.29, 1.82) is 0 Å². The zero-order valence-corrected chi connectivity index (χ0v) is 8.71. The SMILES string of the molecule is Fc1ccccc1-c1cccnc1CCl. The van der Waals surface area contributed by atoms with E-state index in [1.165, 1.54) is 6.07 Å². The van der Waals surface area contributed by atoms with Crippen molar-refractivity contribution in [2.45, 2.75) is 5.88 Å². The standard InChI is InChI=1S/C12H9ClFN/c13-8-12-10(5-3-7-15-12)9-4-1-2-6-11(9)14/h1-7H,8H2. The van der Waals surface area contributed by atoms with Crippen LogP contribution >= 0.6 is 11.6 Å². The van der Waals surface area contributed by atoms with E-state index in [2.05, 4.69) is 4.98 Å².